The van der Waals surface area contributed by atoms with Crippen molar-refractivity contribution in [2.75, 3.05) is 13.1 Å². The molecule has 194 valence electrons. The zero-order valence-electron chi connectivity index (χ0n) is 19.9. The number of carbonyl (C=O) groups excluding carboxylic acids is 2. The van der Waals surface area contributed by atoms with Gasteiger partial charge in [-0.1, -0.05) is 0 Å². The van der Waals surface area contributed by atoms with Crippen molar-refractivity contribution in [2.24, 2.45) is 11.5 Å². The lowest BCUT2D eigenvalue weighted by atomic mass is 10.1. The number of nitrogens with zero attached hydrogens (tertiary/aromatic N) is 2. The number of aliphatic carboxylic acids is 2. The van der Waals surface area contributed by atoms with E-state index >= 15 is 0 Å². The Hall–Kier alpha value is -3.90. The lowest BCUT2D eigenvalue weighted by molar-refractivity contribution is -0.139. The molecule has 8 N–H and O–H groups in total. The number of nitrogens with one attached hydrogen (secondary N) is 2. The van der Waals surface area contributed by atoms with Crippen molar-refractivity contribution in [1.82, 2.24) is 20.6 Å². The zero-order valence-corrected chi connectivity index (χ0v) is 19.9. The van der Waals surface area contributed by atoms with Crippen LogP contribution in [0.2, 0.25) is 0 Å². The molecule has 0 saturated carbocycles. The summed E-state index contributed by atoms with van der Waals surface area (Å²) in [6.45, 7) is 0.748. The maximum Gasteiger partial charge on any atom is 0.320 e. The molecule has 2 atom stereocenters. The first-order valence-corrected chi connectivity index (χ1v) is 11.6. The summed E-state index contributed by atoms with van der Waals surface area (Å²) in [6, 6.07) is 4.46. The van der Waals surface area contributed by atoms with Gasteiger partial charge in [0, 0.05) is 36.6 Å². The largest absolute Gasteiger partial charge is 0.480 e. The first-order valence-electron chi connectivity index (χ1n) is 11.6. The fraction of sp³-hybridized carbons (Fsp3) is 0.417. The Kier molecular flexibility index (Phi) is 11.4. The molecule has 0 unspecified atom stereocenters. The molecule has 2 aromatic rings. The van der Waals surface area contributed by atoms with Gasteiger partial charge in [-0.3, -0.25) is 29.1 Å². The number of aromatic nitrogens is 2. The molecule has 0 bridgehead atoms. The Morgan fingerprint density at radius 1 is 0.722 bits per heavy atom. The van der Waals surface area contributed by atoms with E-state index in [1.807, 2.05) is 0 Å². The van der Waals surface area contributed by atoms with Gasteiger partial charge in [-0.25, -0.2) is 0 Å². The quantitative estimate of drug-likeness (QED) is 0.189. The van der Waals surface area contributed by atoms with E-state index in [9.17, 15) is 19.2 Å². The highest BCUT2D eigenvalue weighted by molar-refractivity contribution is 5.96. The maximum absolute atomic E-state index is 12.5. The van der Waals surface area contributed by atoms with Crippen molar-refractivity contribution < 1.29 is 29.4 Å². The van der Waals surface area contributed by atoms with Crippen LogP contribution in [0.25, 0.3) is 11.4 Å². The monoisotopic (exact) mass is 500 g/mol. The highest BCUT2D eigenvalue weighted by Crippen LogP contribution is 2.17. The summed E-state index contributed by atoms with van der Waals surface area (Å²) >= 11 is 0. The number of rotatable bonds is 15. The van der Waals surface area contributed by atoms with Crippen LogP contribution in [0.4, 0.5) is 0 Å². The molecule has 0 aliphatic rings. The molecular weight excluding hydrogens is 468 g/mol. The van der Waals surface area contributed by atoms with Gasteiger partial charge in [-0.15, -0.1) is 0 Å². The molecule has 0 spiro atoms. The molecule has 12 heteroatoms. The Morgan fingerprint density at radius 2 is 1.11 bits per heavy atom. The molecule has 2 amide bonds. The summed E-state index contributed by atoms with van der Waals surface area (Å²) in [4.78, 5) is 54.9. The average Bonchev–Trinajstić information content (AvgIpc) is 2.87. The van der Waals surface area contributed by atoms with Gasteiger partial charge in [0.1, 0.15) is 12.1 Å². The maximum atomic E-state index is 12.5. The van der Waals surface area contributed by atoms with Gasteiger partial charge in [0.15, 0.2) is 0 Å². The minimum atomic E-state index is -1.04. The van der Waals surface area contributed by atoms with Gasteiger partial charge >= 0.3 is 11.9 Å². The number of hydrogen-bond donors (Lipinski definition) is 6. The average molecular weight is 501 g/mol. The number of carboxylic acid groups (broad SMARTS) is 2. The van der Waals surface area contributed by atoms with Crippen molar-refractivity contribution >= 4 is 23.8 Å². The number of unbranched alkanes of at least 4 members (excludes halogenated alkanes) is 2. The molecule has 12 nitrogen and oxygen atoms in total. The van der Waals surface area contributed by atoms with E-state index in [0.29, 0.717) is 74.1 Å². The van der Waals surface area contributed by atoms with E-state index in [2.05, 4.69) is 20.6 Å². The van der Waals surface area contributed by atoms with Crippen molar-refractivity contribution in [1.29, 1.82) is 0 Å². The van der Waals surface area contributed by atoms with E-state index in [4.69, 9.17) is 21.7 Å². The number of pyridine rings is 2. The molecular formula is C24H32N6O6. The number of hydrogen-bond acceptors (Lipinski definition) is 8. The van der Waals surface area contributed by atoms with Gasteiger partial charge in [0.25, 0.3) is 11.8 Å². The number of nitrogens with two attached hydrogens (primary N) is 2. The fourth-order valence-corrected chi connectivity index (χ4v) is 3.26. The summed E-state index contributed by atoms with van der Waals surface area (Å²) in [6.07, 6.45) is 5.95. The normalized spacial score (nSPS) is 12.4. The molecule has 0 radical (unpaired) electrons. The van der Waals surface area contributed by atoms with Crippen LogP contribution in [-0.2, 0) is 9.59 Å². The fourth-order valence-electron chi connectivity index (χ4n) is 3.26. The van der Waals surface area contributed by atoms with E-state index < -0.39 is 24.0 Å². The smallest absolute Gasteiger partial charge is 0.320 e. The van der Waals surface area contributed by atoms with Crippen LogP contribution < -0.4 is 22.1 Å². The predicted octanol–water partition coefficient (Wildman–Crippen LogP) is 0.768. The Bertz CT molecular complexity index is 979. The summed E-state index contributed by atoms with van der Waals surface area (Å²) in [5, 5.41) is 23.1. The summed E-state index contributed by atoms with van der Waals surface area (Å²) in [5.41, 5.74) is 12.5. The second-order valence-electron chi connectivity index (χ2n) is 8.25. The van der Waals surface area contributed by atoms with Gasteiger partial charge < -0.3 is 32.3 Å². The van der Waals surface area contributed by atoms with Crippen LogP contribution >= 0.6 is 0 Å². The second-order valence-corrected chi connectivity index (χ2v) is 8.25. The van der Waals surface area contributed by atoms with Crippen molar-refractivity contribution in [3.8, 4) is 11.4 Å². The lowest BCUT2D eigenvalue weighted by Crippen LogP contribution is -2.30. The second kappa shape index (κ2) is 14.5. The lowest BCUT2D eigenvalue weighted by Gasteiger charge is -2.09. The minimum Gasteiger partial charge on any atom is -0.480 e. The highest BCUT2D eigenvalue weighted by Gasteiger charge is 2.13. The Morgan fingerprint density at radius 3 is 1.47 bits per heavy atom. The standard InChI is InChI=1S/C24H32N6O6/c25-17(23(33)34)5-1-3-9-29-21(31)15-7-11-27-19(13-15)20-14-16(8-12-28-20)22(32)30-10-4-2-6-18(26)24(35)36/h7-8,11-14,17-18H,1-6,9-10,25-26H2,(H,29,31)(H,30,32)(H,33,34)(H,35,36)/t17-,18-/m0/s1. The third kappa shape index (κ3) is 9.39. The molecule has 2 rings (SSSR count). The third-order valence-corrected chi connectivity index (χ3v) is 5.40. The topological polar surface area (TPSA) is 211 Å². The van der Waals surface area contributed by atoms with E-state index in [0.717, 1.165) is 0 Å². The molecule has 0 saturated heterocycles. The Balaban J connectivity index is 1.88. The molecule has 0 aromatic carbocycles. The summed E-state index contributed by atoms with van der Waals surface area (Å²) in [7, 11) is 0. The van der Waals surface area contributed by atoms with Crippen molar-refractivity contribution in [2.45, 2.75) is 50.6 Å². The van der Waals surface area contributed by atoms with E-state index in [-0.39, 0.29) is 11.8 Å². The number of carbonyl (C=O) groups is 4. The van der Waals surface area contributed by atoms with Gasteiger partial charge in [-0.05, 0) is 62.8 Å². The molecule has 36 heavy (non-hydrogen) atoms. The van der Waals surface area contributed by atoms with Crippen LogP contribution in [0.15, 0.2) is 36.7 Å². The van der Waals surface area contributed by atoms with Crippen molar-refractivity contribution in [3.05, 3.63) is 47.8 Å². The van der Waals surface area contributed by atoms with Gasteiger partial charge in [0.2, 0.25) is 0 Å². The van der Waals surface area contributed by atoms with E-state index in [1.165, 1.54) is 12.4 Å². The van der Waals surface area contributed by atoms with Gasteiger partial charge in [0.05, 0.1) is 11.4 Å². The zero-order chi connectivity index (χ0) is 26.5. The van der Waals surface area contributed by atoms with Crippen molar-refractivity contribution in [3.63, 3.8) is 0 Å². The number of carboxylic acids is 2. The van der Waals surface area contributed by atoms with Crippen LogP contribution in [-0.4, -0.2) is 69.1 Å². The highest BCUT2D eigenvalue weighted by atomic mass is 16.4. The summed E-state index contributed by atoms with van der Waals surface area (Å²) < 4.78 is 0. The number of amides is 2. The van der Waals surface area contributed by atoms with E-state index in [1.54, 1.807) is 24.3 Å². The van der Waals surface area contributed by atoms with Gasteiger partial charge in [-0.2, -0.15) is 0 Å². The first kappa shape index (κ1) is 28.3. The Labute approximate surface area is 208 Å². The van der Waals surface area contributed by atoms with Crippen LogP contribution in [0, 0.1) is 0 Å². The van der Waals surface area contributed by atoms with Crippen LogP contribution in [0.5, 0.6) is 0 Å². The summed E-state index contributed by atoms with van der Waals surface area (Å²) in [5.74, 6) is -2.70. The van der Waals surface area contributed by atoms with Crippen LogP contribution in [0.3, 0.4) is 0 Å². The molecule has 0 aliphatic heterocycles. The molecule has 0 fully saturated rings. The SMILES string of the molecule is N[C@@H](CCCCNC(=O)c1ccnc(-c2cc(C(=O)NCCCC[C@H](N)C(=O)O)ccn2)c1)C(=O)O. The first-order chi connectivity index (χ1) is 17.2. The molecule has 0 aliphatic carbocycles. The van der Waals surface area contributed by atoms with Crippen LogP contribution in [0.1, 0.15) is 59.2 Å². The predicted molar refractivity (Wildman–Crippen MR) is 131 cm³/mol. The third-order valence-electron chi connectivity index (χ3n) is 5.40. The molecule has 2 aromatic heterocycles. The minimum absolute atomic E-state index is 0.308. The molecule has 2 heterocycles.